The molecule has 1 nitrogen and oxygen atoms in total. The Kier molecular flexibility index (Phi) is 9.32. The molecule has 0 N–H and O–H groups in total. The summed E-state index contributed by atoms with van der Waals surface area (Å²) in [5.74, 6) is 4.04. The number of ketones is 1. The van der Waals surface area contributed by atoms with Crippen LogP contribution in [0, 0.1) is 29.6 Å². The first-order valence-electron chi connectivity index (χ1n) is 12.8. The van der Waals surface area contributed by atoms with Crippen LogP contribution in [0.15, 0.2) is 0 Å². The van der Waals surface area contributed by atoms with E-state index in [2.05, 4.69) is 6.92 Å². The summed E-state index contributed by atoms with van der Waals surface area (Å²) in [6.07, 6.45) is 23.1. The van der Waals surface area contributed by atoms with Crippen LogP contribution in [0.25, 0.3) is 0 Å². The zero-order chi connectivity index (χ0) is 19.8. The molecule has 3 aliphatic rings. The fraction of sp³-hybridized carbons (Fsp3) is 0.923. The molecular weight excluding hydrogens is 339 g/mol. The number of hydrogen-bond donors (Lipinski definition) is 0. The maximum absolute atomic E-state index is 12.9. The van der Waals surface area contributed by atoms with Crippen molar-refractivity contribution in [3.05, 3.63) is 0 Å². The third kappa shape index (κ3) is 6.56. The van der Waals surface area contributed by atoms with Gasteiger partial charge >= 0.3 is 169 Å². The monoisotopic (exact) mass is 383 g/mol. The minimum atomic E-state index is 0.414. The van der Waals surface area contributed by atoms with Crippen molar-refractivity contribution in [3.63, 3.8) is 0 Å². The minimum absolute atomic E-state index is 0.414. The van der Waals surface area contributed by atoms with Gasteiger partial charge in [-0.05, 0) is 0 Å². The topological polar surface area (TPSA) is 17.1 Å². The first kappa shape index (κ1) is 22.3. The van der Waals surface area contributed by atoms with Gasteiger partial charge in [0.15, 0.2) is 0 Å². The van der Waals surface area contributed by atoms with Gasteiger partial charge < -0.3 is 0 Å². The van der Waals surface area contributed by atoms with Gasteiger partial charge in [0, 0.05) is 0 Å². The molecule has 157 valence electrons. The van der Waals surface area contributed by atoms with E-state index in [1.54, 1.807) is 0 Å². The van der Waals surface area contributed by atoms with E-state index in [9.17, 15) is 4.79 Å². The Balaban J connectivity index is 1.28. The molecular formula is C26H44BO. The van der Waals surface area contributed by atoms with Crippen LogP contribution in [0.1, 0.15) is 122 Å². The number of rotatable bonds is 10. The predicted octanol–water partition coefficient (Wildman–Crippen LogP) is 7.06. The van der Waals surface area contributed by atoms with Gasteiger partial charge in [-0.2, -0.15) is 0 Å². The molecule has 0 aliphatic heterocycles. The number of hydrogen-bond acceptors (Lipinski definition) is 1. The average Bonchev–Trinajstić information content (AvgIpc) is 2.73. The summed E-state index contributed by atoms with van der Waals surface area (Å²) in [6.45, 7) is 2.31. The summed E-state index contributed by atoms with van der Waals surface area (Å²) < 4.78 is 0. The molecule has 0 amide bonds. The van der Waals surface area contributed by atoms with Crippen LogP contribution in [0.3, 0.4) is 0 Å². The van der Waals surface area contributed by atoms with Crippen LogP contribution in [0.2, 0.25) is 0 Å². The summed E-state index contributed by atoms with van der Waals surface area (Å²) in [6, 6.07) is 0. The van der Waals surface area contributed by atoms with Crippen LogP contribution in [-0.4, -0.2) is 18.7 Å². The molecule has 2 heteroatoms. The zero-order valence-corrected chi connectivity index (χ0v) is 18.6. The van der Waals surface area contributed by atoms with Crippen molar-refractivity contribution < 1.29 is 4.79 Å². The third-order valence-corrected chi connectivity index (χ3v) is 8.43. The van der Waals surface area contributed by atoms with Gasteiger partial charge in [0.1, 0.15) is 0 Å². The van der Waals surface area contributed by atoms with Gasteiger partial charge in [-0.1, -0.05) is 6.42 Å². The Morgan fingerprint density at radius 3 is 2.39 bits per heavy atom. The van der Waals surface area contributed by atoms with Crippen LogP contribution < -0.4 is 0 Å². The van der Waals surface area contributed by atoms with Gasteiger partial charge in [-0.15, -0.1) is 0 Å². The number of carbonyl (C=O) groups excluding carboxylic acids is 1. The van der Waals surface area contributed by atoms with Crippen molar-refractivity contribution in [2.45, 2.75) is 122 Å². The Bertz CT molecular complexity index is 491. The molecule has 3 saturated carbocycles. The molecule has 0 aromatic rings. The zero-order valence-electron chi connectivity index (χ0n) is 18.6. The van der Waals surface area contributed by atoms with E-state index >= 15 is 0 Å². The summed E-state index contributed by atoms with van der Waals surface area (Å²) in [7, 11) is 6.43. The predicted molar refractivity (Wildman–Crippen MR) is 122 cm³/mol. The Labute approximate surface area is 175 Å². The van der Waals surface area contributed by atoms with E-state index in [1.165, 1.54) is 102 Å². The molecule has 0 spiro atoms. The molecule has 3 rings (SSSR count). The molecule has 0 aromatic heterocycles. The van der Waals surface area contributed by atoms with Crippen molar-refractivity contribution in [2.24, 2.45) is 29.6 Å². The van der Waals surface area contributed by atoms with E-state index in [4.69, 9.17) is 7.49 Å². The molecule has 4 atom stereocenters. The van der Waals surface area contributed by atoms with Gasteiger partial charge in [0.25, 0.3) is 0 Å². The molecule has 1 radical (unpaired) electrons. The normalized spacial score (nSPS) is 29.8. The van der Waals surface area contributed by atoms with E-state index in [0.717, 1.165) is 37.0 Å². The van der Waals surface area contributed by atoms with Gasteiger partial charge in [0.05, 0.1) is 0 Å². The van der Waals surface area contributed by atoms with E-state index < -0.39 is 0 Å². The van der Waals surface area contributed by atoms with Gasteiger partial charge in [0.2, 0.25) is 0 Å². The Morgan fingerprint density at radius 1 is 0.857 bits per heavy atom. The summed E-state index contributed by atoms with van der Waals surface area (Å²) in [5, 5.41) is 0. The first-order chi connectivity index (χ1) is 13.6. The van der Waals surface area contributed by atoms with Crippen molar-refractivity contribution in [3.8, 4) is 0 Å². The van der Waals surface area contributed by atoms with Crippen LogP contribution in [0.5, 0.6) is 0 Å². The maximum atomic E-state index is 12.9. The van der Waals surface area contributed by atoms with E-state index in [0.29, 0.717) is 17.6 Å². The van der Waals surface area contributed by atoms with Crippen molar-refractivity contribution >= 4 is 18.7 Å². The van der Waals surface area contributed by atoms with Crippen molar-refractivity contribution in [2.75, 3.05) is 0 Å². The second-order valence-electron chi connectivity index (χ2n) is 10.5. The Morgan fingerprint density at radius 2 is 1.57 bits per heavy atom. The van der Waals surface area contributed by atoms with Crippen molar-refractivity contribution in [1.82, 2.24) is 0 Å². The van der Waals surface area contributed by atoms with E-state index in [-0.39, 0.29) is 0 Å². The van der Waals surface area contributed by atoms with Crippen LogP contribution in [-0.2, 0) is 4.79 Å². The molecule has 3 aliphatic carbocycles. The number of unbranched alkanes of at least 4 members (excludes halogenated alkanes) is 2. The van der Waals surface area contributed by atoms with Crippen molar-refractivity contribution in [1.29, 1.82) is 0 Å². The third-order valence-electron chi connectivity index (χ3n) is 8.43. The molecule has 28 heavy (non-hydrogen) atoms. The fourth-order valence-electron chi connectivity index (χ4n) is 6.56. The summed E-state index contributed by atoms with van der Waals surface area (Å²) in [4.78, 5) is 12.9. The molecule has 0 aromatic carbocycles. The Hall–Kier alpha value is -0.395. The molecule has 0 saturated heterocycles. The second kappa shape index (κ2) is 11.7. The molecule has 3 fully saturated rings. The van der Waals surface area contributed by atoms with Crippen LogP contribution >= 0.6 is 0 Å². The SMILES string of the molecule is [B]=C(CC1CCCCC1)C(C)CCCCCC(=O)C1CCCC2CCCCC21. The first-order valence-corrected chi connectivity index (χ1v) is 12.8. The van der Waals surface area contributed by atoms with Crippen LogP contribution in [0.4, 0.5) is 0 Å². The summed E-state index contributed by atoms with van der Waals surface area (Å²) in [5.41, 5.74) is 1.24. The van der Waals surface area contributed by atoms with Gasteiger partial charge in [-0.3, -0.25) is 0 Å². The molecule has 0 heterocycles. The molecule has 0 bridgehead atoms. The van der Waals surface area contributed by atoms with E-state index in [1.807, 2.05) is 0 Å². The summed E-state index contributed by atoms with van der Waals surface area (Å²) >= 11 is 0. The van der Waals surface area contributed by atoms with Gasteiger partial charge in [-0.25, -0.2) is 0 Å². The number of fused-ring (bicyclic) bond motifs is 1. The second-order valence-corrected chi connectivity index (χ2v) is 10.5. The standard InChI is InChI=1S/C26H44BO/c1-20(25(27)19-21-12-5-3-6-13-21)11-4-2-7-18-26(28)24-17-10-15-22-14-8-9-16-23(22)24/h20-24H,2-19H2,1H3. The number of Topliss-reactive ketones (excluding diaryl/α,β-unsaturated/α-hetero) is 1. The average molecular weight is 383 g/mol. The molecule has 4 unspecified atom stereocenters. The fourth-order valence-corrected chi connectivity index (χ4v) is 6.56. The number of carbonyl (C=O) groups is 1. The quantitative estimate of drug-likeness (QED) is 0.291.